The van der Waals surface area contributed by atoms with Crippen LogP contribution in [0.4, 0.5) is 0 Å². The maximum absolute atomic E-state index is 13.2. The van der Waals surface area contributed by atoms with Crippen molar-refractivity contribution in [2.24, 2.45) is 0 Å². The summed E-state index contributed by atoms with van der Waals surface area (Å²) in [7, 11) is 5.03. The Morgan fingerprint density at radius 1 is 1.16 bits per heavy atom. The first-order chi connectivity index (χ1) is 14.9. The van der Waals surface area contributed by atoms with Gasteiger partial charge in [0.15, 0.2) is 5.43 Å². The first-order valence-corrected chi connectivity index (χ1v) is 10.6. The molecule has 0 amide bonds. The van der Waals surface area contributed by atoms with E-state index in [9.17, 15) is 9.90 Å². The predicted molar refractivity (Wildman–Crippen MR) is 122 cm³/mol. The van der Waals surface area contributed by atoms with Crippen molar-refractivity contribution in [1.29, 1.82) is 0 Å². The molecule has 8 heteroatoms. The molecule has 2 aromatic carbocycles. The number of rotatable bonds is 5. The summed E-state index contributed by atoms with van der Waals surface area (Å²) in [6.45, 7) is 0.782. The largest absolute Gasteiger partial charge is 0.496 e. The molecule has 4 rings (SSSR count). The Morgan fingerprint density at radius 2 is 1.90 bits per heavy atom. The zero-order valence-electron chi connectivity index (χ0n) is 17.4. The topological polar surface area (TPSA) is 72.1 Å². The molecule has 2 atom stereocenters. The number of fused-ring (bicyclic) bond motifs is 1. The van der Waals surface area contributed by atoms with E-state index < -0.39 is 0 Å². The molecular weight excluding hydrogens is 441 g/mol. The zero-order chi connectivity index (χ0) is 22.3. The van der Waals surface area contributed by atoms with E-state index in [-0.39, 0.29) is 24.0 Å². The summed E-state index contributed by atoms with van der Waals surface area (Å²) in [5, 5.41) is 11.2. The van der Waals surface area contributed by atoms with Gasteiger partial charge in [-0.25, -0.2) is 0 Å². The van der Waals surface area contributed by atoms with Crippen molar-refractivity contribution >= 4 is 34.2 Å². The van der Waals surface area contributed by atoms with Crippen LogP contribution in [-0.4, -0.2) is 50.5 Å². The van der Waals surface area contributed by atoms with Crippen LogP contribution in [0.3, 0.4) is 0 Å². The standard InChI is InChI=1S/C23H23Cl2NO5/c1-26-7-6-14(16(26)11-27)21-19(29-2)10-20(30-3)22-17(28)9-18(31-23(21)22)13-5-4-12(24)8-15(13)25/h4-5,8-10,14,16,27H,6-7,11H2,1-3H3/t14-,16+/m1/s1. The summed E-state index contributed by atoms with van der Waals surface area (Å²) in [6.07, 6.45) is 0.787. The average Bonchev–Trinajstić information content (AvgIpc) is 3.12. The van der Waals surface area contributed by atoms with E-state index in [1.807, 2.05) is 7.05 Å². The summed E-state index contributed by atoms with van der Waals surface area (Å²) < 4.78 is 17.5. The molecule has 1 aliphatic heterocycles. The molecule has 0 saturated carbocycles. The van der Waals surface area contributed by atoms with E-state index in [1.165, 1.54) is 13.2 Å². The van der Waals surface area contributed by atoms with E-state index >= 15 is 0 Å². The minimum absolute atomic E-state index is 0.0230. The van der Waals surface area contributed by atoms with Crippen LogP contribution in [0, 0.1) is 0 Å². The molecule has 6 nitrogen and oxygen atoms in total. The van der Waals surface area contributed by atoms with Gasteiger partial charge in [-0.15, -0.1) is 0 Å². The van der Waals surface area contributed by atoms with Crippen LogP contribution in [-0.2, 0) is 0 Å². The summed E-state index contributed by atoms with van der Waals surface area (Å²) in [5.74, 6) is 1.15. The Bertz CT molecular complexity index is 1190. The number of ether oxygens (including phenoxy) is 2. The fraction of sp³-hybridized carbons (Fsp3) is 0.348. The molecule has 1 aromatic heterocycles. The highest BCUT2D eigenvalue weighted by Crippen LogP contribution is 2.45. The number of aliphatic hydroxyl groups excluding tert-OH is 1. The van der Waals surface area contributed by atoms with Crippen LogP contribution >= 0.6 is 23.2 Å². The van der Waals surface area contributed by atoms with Gasteiger partial charge in [-0.3, -0.25) is 4.79 Å². The Hall–Kier alpha value is -2.25. The molecular formula is C23H23Cl2NO5. The van der Waals surface area contributed by atoms with Crippen molar-refractivity contribution in [2.45, 2.75) is 18.4 Å². The van der Waals surface area contributed by atoms with Crippen molar-refractivity contribution < 1.29 is 19.0 Å². The van der Waals surface area contributed by atoms with E-state index in [4.69, 9.17) is 37.1 Å². The van der Waals surface area contributed by atoms with E-state index in [0.29, 0.717) is 43.8 Å². The number of likely N-dealkylation sites (tertiary alicyclic amines) is 1. The first kappa shape index (κ1) is 22.0. The minimum Gasteiger partial charge on any atom is -0.496 e. The van der Waals surface area contributed by atoms with E-state index in [0.717, 1.165) is 18.5 Å². The van der Waals surface area contributed by atoms with Gasteiger partial charge in [0, 0.05) is 40.2 Å². The third-order valence-corrected chi connectivity index (χ3v) is 6.53. The molecule has 0 bridgehead atoms. The molecule has 0 aliphatic carbocycles. The lowest BCUT2D eigenvalue weighted by Gasteiger charge is -2.25. The number of aliphatic hydroxyl groups is 1. The molecule has 0 radical (unpaired) electrons. The fourth-order valence-electron chi connectivity index (χ4n) is 4.41. The van der Waals surface area contributed by atoms with Crippen LogP contribution in [0.5, 0.6) is 11.5 Å². The summed E-state index contributed by atoms with van der Waals surface area (Å²) >= 11 is 12.4. The molecule has 0 spiro atoms. The normalized spacial score (nSPS) is 19.2. The lowest BCUT2D eigenvalue weighted by molar-refractivity contribution is 0.171. The Labute approximate surface area is 189 Å². The van der Waals surface area contributed by atoms with Crippen LogP contribution in [0.15, 0.2) is 39.5 Å². The quantitative estimate of drug-likeness (QED) is 0.597. The van der Waals surface area contributed by atoms with Gasteiger partial charge in [0.05, 0.1) is 25.8 Å². The monoisotopic (exact) mass is 463 g/mol. The number of halogens is 2. The molecule has 31 heavy (non-hydrogen) atoms. The SMILES string of the molecule is COc1cc(OC)c2c(=O)cc(-c3ccc(Cl)cc3Cl)oc2c1[C@@H]1CCN(C)[C@H]1CO. The van der Waals surface area contributed by atoms with Crippen LogP contribution in [0.25, 0.3) is 22.3 Å². The van der Waals surface area contributed by atoms with Crippen LogP contribution < -0.4 is 14.9 Å². The molecule has 1 saturated heterocycles. The molecule has 1 fully saturated rings. The zero-order valence-corrected chi connectivity index (χ0v) is 19.0. The van der Waals surface area contributed by atoms with Gasteiger partial charge in [-0.2, -0.15) is 0 Å². The smallest absolute Gasteiger partial charge is 0.197 e. The fourth-order valence-corrected chi connectivity index (χ4v) is 4.91. The van der Waals surface area contributed by atoms with Gasteiger partial charge in [0.2, 0.25) is 0 Å². The third kappa shape index (κ3) is 3.78. The van der Waals surface area contributed by atoms with Gasteiger partial charge in [-0.05, 0) is 38.2 Å². The first-order valence-electron chi connectivity index (χ1n) is 9.88. The number of methoxy groups -OCH3 is 2. The second kappa shape index (κ2) is 8.71. The van der Waals surface area contributed by atoms with Crippen LogP contribution in [0.2, 0.25) is 10.0 Å². The number of hydrogen-bond acceptors (Lipinski definition) is 6. The van der Waals surface area contributed by atoms with Crippen LogP contribution in [0.1, 0.15) is 17.9 Å². The second-order valence-electron chi connectivity index (χ2n) is 7.62. The van der Waals surface area contributed by atoms with Gasteiger partial charge >= 0.3 is 0 Å². The van der Waals surface area contributed by atoms with E-state index in [2.05, 4.69) is 4.90 Å². The van der Waals surface area contributed by atoms with Crippen molar-refractivity contribution in [3.63, 3.8) is 0 Å². The molecule has 2 heterocycles. The average molecular weight is 464 g/mol. The molecule has 0 unspecified atom stereocenters. The molecule has 3 aromatic rings. The van der Waals surface area contributed by atoms with E-state index in [1.54, 1.807) is 31.4 Å². The number of nitrogens with zero attached hydrogens (tertiary/aromatic N) is 1. The lowest BCUT2D eigenvalue weighted by Crippen LogP contribution is -2.32. The Morgan fingerprint density at radius 3 is 2.55 bits per heavy atom. The highest BCUT2D eigenvalue weighted by atomic mass is 35.5. The van der Waals surface area contributed by atoms with Gasteiger partial charge in [-0.1, -0.05) is 23.2 Å². The highest BCUT2D eigenvalue weighted by Gasteiger charge is 2.37. The molecule has 164 valence electrons. The maximum atomic E-state index is 13.2. The van der Waals surface area contributed by atoms with Crippen molar-refractivity contribution in [3.05, 3.63) is 56.2 Å². The number of benzene rings is 2. The molecule has 1 N–H and O–H groups in total. The van der Waals surface area contributed by atoms with Crippen molar-refractivity contribution in [2.75, 3.05) is 34.4 Å². The van der Waals surface area contributed by atoms with Gasteiger partial charge < -0.3 is 23.9 Å². The maximum Gasteiger partial charge on any atom is 0.197 e. The predicted octanol–water partition coefficient (Wildman–Crippen LogP) is 4.56. The highest BCUT2D eigenvalue weighted by molar-refractivity contribution is 6.36. The number of likely N-dealkylation sites (N-methyl/N-ethyl adjacent to an activating group) is 1. The van der Waals surface area contributed by atoms with Crippen molar-refractivity contribution in [3.8, 4) is 22.8 Å². The summed E-state index contributed by atoms with van der Waals surface area (Å²) in [4.78, 5) is 15.3. The Kier molecular flexibility index (Phi) is 6.17. The Balaban J connectivity index is 2.06. The lowest BCUT2D eigenvalue weighted by atomic mass is 9.89. The van der Waals surface area contributed by atoms with Crippen molar-refractivity contribution in [1.82, 2.24) is 4.90 Å². The second-order valence-corrected chi connectivity index (χ2v) is 8.47. The van der Waals surface area contributed by atoms with Gasteiger partial charge in [0.25, 0.3) is 0 Å². The molecule has 1 aliphatic rings. The summed E-state index contributed by atoms with van der Waals surface area (Å²) in [5.41, 5.74) is 1.42. The minimum atomic E-state index is -0.255. The summed E-state index contributed by atoms with van der Waals surface area (Å²) in [6, 6.07) is 7.98. The number of hydrogen-bond donors (Lipinski definition) is 1. The van der Waals surface area contributed by atoms with Gasteiger partial charge in [0.1, 0.15) is 28.2 Å². The third-order valence-electron chi connectivity index (χ3n) is 5.98.